The Morgan fingerprint density at radius 1 is 1.06 bits per heavy atom. The van der Waals surface area contributed by atoms with Crippen molar-refractivity contribution < 1.29 is 23.9 Å². The molecule has 32 heavy (non-hydrogen) atoms. The summed E-state index contributed by atoms with van der Waals surface area (Å²) in [6, 6.07) is 10.9. The van der Waals surface area contributed by atoms with E-state index in [1.807, 2.05) is 6.92 Å². The normalized spacial score (nSPS) is 12.5. The Labute approximate surface area is 189 Å². The van der Waals surface area contributed by atoms with Crippen LogP contribution < -0.4 is 15.4 Å². The zero-order chi connectivity index (χ0) is 23.1. The quantitative estimate of drug-likeness (QED) is 0.476. The highest BCUT2D eigenvalue weighted by atomic mass is 32.1. The fourth-order valence-electron chi connectivity index (χ4n) is 2.91. The maximum atomic E-state index is 12.6. The number of amides is 2. The van der Waals surface area contributed by atoms with E-state index in [0.29, 0.717) is 35.0 Å². The highest BCUT2D eigenvalue weighted by Crippen LogP contribution is 2.38. The lowest BCUT2D eigenvalue weighted by Gasteiger charge is -2.21. The van der Waals surface area contributed by atoms with Gasteiger partial charge in [0.25, 0.3) is 11.8 Å². The van der Waals surface area contributed by atoms with Crippen molar-refractivity contribution in [3.05, 3.63) is 48.0 Å². The van der Waals surface area contributed by atoms with E-state index in [0.717, 1.165) is 11.4 Å². The molecule has 0 bridgehead atoms. The zero-order valence-corrected chi connectivity index (χ0v) is 18.8. The van der Waals surface area contributed by atoms with Crippen molar-refractivity contribution in [3.8, 4) is 5.75 Å². The molecule has 2 aromatic carbocycles. The van der Waals surface area contributed by atoms with E-state index in [1.165, 1.54) is 0 Å². The maximum Gasteiger partial charge on any atom is 0.329 e. The molecular formula is C22H24N4O5S. The van der Waals surface area contributed by atoms with Crippen LogP contribution in [-0.2, 0) is 25.7 Å². The van der Waals surface area contributed by atoms with Gasteiger partial charge >= 0.3 is 5.97 Å². The van der Waals surface area contributed by atoms with Crippen molar-refractivity contribution >= 4 is 46.2 Å². The van der Waals surface area contributed by atoms with Crippen LogP contribution in [0.5, 0.6) is 5.75 Å². The molecule has 1 heterocycles. The minimum Gasteiger partial charge on any atom is -0.494 e. The Bertz CT molecular complexity index is 1080. The molecule has 168 valence electrons. The highest BCUT2D eigenvalue weighted by molar-refractivity contribution is 7.58. The lowest BCUT2D eigenvalue weighted by Crippen LogP contribution is -2.45. The second kappa shape index (κ2) is 10.7. The van der Waals surface area contributed by atoms with E-state index in [9.17, 15) is 14.4 Å². The van der Waals surface area contributed by atoms with Crippen molar-refractivity contribution in [3.63, 3.8) is 0 Å². The minimum absolute atomic E-state index is 0.243. The lowest BCUT2D eigenvalue weighted by atomic mass is 10.0. The van der Waals surface area contributed by atoms with E-state index in [4.69, 9.17) is 9.47 Å². The van der Waals surface area contributed by atoms with E-state index >= 15 is 0 Å². The van der Waals surface area contributed by atoms with Gasteiger partial charge in [-0.1, -0.05) is 19.9 Å². The van der Waals surface area contributed by atoms with Crippen LogP contribution >= 0.6 is 0 Å². The van der Waals surface area contributed by atoms with Gasteiger partial charge in [-0.15, -0.1) is 0 Å². The molecule has 2 aromatic rings. The topological polar surface area (TPSA) is 118 Å². The molecule has 0 saturated carbocycles. The molecule has 0 fully saturated rings. The minimum atomic E-state index is -0.909. The third kappa shape index (κ3) is 5.79. The molecule has 2 N–H and O–H groups in total. The number of esters is 1. The SMILES string of the molecule is CCOc1ccc(C(=O)N[C@H](C(=O)OCC(=O)Nc2cccc3c2N=S=N3)C(C)C)cc1. The number of anilines is 1. The summed E-state index contributed by atoms with van der Waals surface area (Å²) in [6.07, 6.45) is 0. The molecule has 0 saturated heterocycles. The average molecular weight is 457 g/mol. The Kier molecular flexibility index (Phi) is 7.72. The molecule has 0 radical (unpaired) electrons. The van der Waals surface area contributed by atoms with E-state index in [2.05, 4.69) is 19.4 Å². The summed E-state index contributed by atoms with van der Waals surface area (Å²) >= 11 is 1.04. The molecule has 2 amide bonds. The average Bonchev–Trinajstić information content (AvgIpc) is 3.26. The van der Waals surface area contributed by atoms with Crippen LogP contribution in [0, 0.1) is 5.92 Å². The standard InChI is InChI=1S/C22H24N4O5S/c1-4-30-15-10-8-14(9-11-15)21(28)24-19(13(2)3)22(29)31-12-18(27)23-16-6-5-7-17-20(16)26-32-25-17/h5-11,13,19H,4,12H2,1-3H3,(H,23,27)(H,24,28)/t19-/m0/s1. The predicted molar refractivity (Wildman–Crippen MR) is 121 cm³/mol. The first-order valence-corrected chi connectivity index (χ1v) is 10.8. The van der Waals surface area contributed by atoms with Gasteiger partial charge in [0, 0.05) is 5.56 Å². The fourth-order valence-corrected chi connectivity index (χ4v) is 3.46. The van der Waals surface area contributed by atoms with Crippen molar-refractivity contribution in [2.45, 2.75) is 26.8 Å². The Balaban J connectivity index is 1.55. The molecule has 10 heteroatoms. The summed E-state index contributed by atoms with van der Waals surface area (Å²) in [6.45, 7) is 5.46. The number of nitrogens with one attached hydrogen (secondary N) is 2. The fraction of sp³-hybridized carbons (Fsp3) is 0.318. The Hall–Kier alpha value is -3.53. The van der Waals surface area contributed by atoms with Gasteiger partial charge in [0.15, 0.2) is 6.61 Å². The number of hydrogen-bond acceptors (Lipinski definition) is 7. The van der Waals surface area contributed by atoms with Crippen molar-refractivity contribution in [2.24, 2.45) is 14.6 Å². The first-order chi connectivity index (χ1) is 15.4. The molecule has 1 aliphatic rings. The van der Waals surface area contributed by atoms with Gasteiger partial charge in [-0.25, -0.2) is 4.79 Å². The van der Waals surface area contributed by atoms with Crippen LogP contribution in [0.15, 0.2) is 51.2 Å². The van der Waals surface area contributed by atoms with Gasteiger partial charge in [0.05, 0.1) is 23.6 Å². The molecule has 0 aromatic heterocycles. The van der Waals surface area contributed by atoms with Crippen LogP contribution in [0.2, 0.25) is 0 Å². The second-order valence-electron chi connectivity index (χ2n) is 7.25. The van der Waals surface area contributed by atoms with E-state index < -0.39 is 30.4 Å². The summed E-state index contributed by atoms with van der Waals surface area (Å²) < 4.78 is 18.8. The molecule has 1 aliphatic heterocycles. The summed E-state index contributed by atoms with van der Waals surface area (Å²) in [5.41, 5.74) is 2.11. The third-order valence-electron chi connectivity index (χ3n) is 4.54. The number of carbonyl (C=O) groups is 3. The number of fused-ring (bicyclic) bond motifs is 1. The zero-order valence-electron chi connectivity index (χ0n) is 18.0. The molecular weight excluding hydrogens is 432 g/mol. The number of rotatable bonds is 9. The molecule has 9 nitrogen and oxygen atoms in total. The smallest absolute Gasteiger partial charge is 0.329 e. The number of nitrogens with zero attached hydrogens (tertiary/aromatic N) is 2. The van der Waals surface area contributed by atoms with Gasteiger partial charge < -0.3 is 20.1 Å². The first kappa shape index (κ1) is 23.1. The molecule has 0 aliphatic carbocycles. The van der Waals surface area contributed by atoms with Gasteiger partial charge in [0.1, 0.15) is 23.2 Å². The largest absolute Gasteiger partial charge is 0.494 e. The highest BCUT2D eigenvalue weighted by Gasteiger charge is 2.27. The number of benzene rings is 2. The van der Waals surface area contributed by atoms with Crippen LogP contribution in [0.4, 0.5) is 17.1 Å². The Morgan fingerprint density at radius 3 is 2.50 bits per heavy atom. The monoisotopic (exact) mass is 456 g/mol. The third-order valence-corrected chi connectivity index (χ3v) is 5.08. The summed E-state index contributed by atoms with van der Waals surface area (Å²) in [4.78, 5) is 37.4. The second-order valence-corrected chi connectivity index (χ2v) is 7.77. The van der Waals surface area contributed by atoms with Crippen LogP contribution in [0.25, 0.3) is 0 Å². The molecule has 3 rings (SSSR count). The maximum absolute atomic E-state index is 12.6. The lowest BCUT2D eigenvalue weighted by molar-refractivity contribution is -0.150. The number of ether oxygens (including phenoxy) is 2. The van der Waals surface area contributed by atoms with Gasteiger partial charge in [0.2, 0.25) is 0 Å². The van der Waals surface area contributed by atoms with Crippen LogP contribution in [-0.4, -0.2) is 37.0 Å². The van der Waals surface area contributed by atoms with E-state index in [-0.39, 0.29) is 5.92 Å². The molecule has 0 unspecified atom stereocenters. The van der Waals surface area contributed by atoms with Crippen molar-refractivity contribution in [2.75, 3.05) is 18.5 Å². The number of carbonyl (C=O) groups excluding carboxylic acids is 3. The van der Waals surface area contributed by atoms with Crippen molar-refractivity contribution in [1.29, 1.82) is 0 Å². The summed E-state index contributed by atoms with van der Waals surface area (Å²) in [5.74, 6) is -1.22. The number of hydrogen-bond donors (Lipinski definition) is 2. The molecule has 1 atom stereocenters. The van der Waals surface area contributed by atoms with E-state index in [1.54, 1.807) is 56.3 Å². The summed E-state index contributed by atoms with van der Waals surface area (Å²) in [7, 11) is 0. The summed E-state index contributed by atoms with van der Waals surface area (Å²) in [5, 5.41) is 5.34. The molecule has 0 spiro atoms. The van der Waals surface area contributed by atoms with Crippen LogP contribution in [0.1, 0.15) is 31.1 Å². The predicted octanol–water partition coefficient (Wildman–Crippen LogP) is 3.75. The van der Waals surface area contributed by atoms with Gasteiger partial charge in [-0.3, -0.25) is 9.59 Å². The van der Waals surface area contributed by atoms with Gasteiger partial charge in [-0.05, 0) is 49.2 Å². The van der Waals surface area contributed by atoms with Crippen molar-refractivity contribution in [1.82, 2.24) is 5.32 Å². The van der Waals surface area contributed by atoms with Gasteiger partial charge in [-0.2, -0.15) is 8.73 Å². The first-order valence-electron chi connectivity index (χ1n) is 10.1. The Morgan fingerprint density at radius 2 is 1.81 bits per heavy atom. The van der Waals surface area contributed by atoms with Crippen LogP contribution in [0.3, 0.4) is 0 Å².